The Labute approximate surface area is 106 Å². The van der Waals surface area contributed by atoms with Crippen molar-refractivity contribution in [3.8, 4) is 0 Å². The van der Waals surface area contributed by atoms with E-state index in [1.165, 1.54) is 50.6 Å². The fourth-order valence-corrected chi connectivity index (χ4v) is 2.71. The Balaban J connectivity index is 1.67. The molecule has 1 heteroatoms. The van der Waals surface area contributed by atoms with E-state index in [1.807, 2.05) is 0 Å². The highest BCUT2D eigenvalue weighted by Gasteiger charge is 2.17. The minimum absolute atomic E-state index is 0.829. The molecule has 0 N–H and O–H groups in total. The standard InChI is InChI=1S/C16H24N/c1-17(16-12-6-3-7-13-16)14-8-11-15-9-4-2-5-10-15/h2-5,9-10,16H,6-8,11-14H2,1H3. The molecule has 1 aromatic rings. The SMILES string of the molecule is CN(CCCc1ccccc1)C1CC[CH]CC1. The maximum atomic E-state index is 2.57. The van der Waals surface area contributed by atoms with Gasteiger partial charge in [0.15, 0.2) is 0 Å². The van der Waals surface area contributed by atoms with Crippen molar-refractivity contribution in [2.75, 3.05) is 13.6 Å². The second-order valence-corrected chi connectivity index (χ2v) is 5.17. The first-order valence-electron chi connectivity index (χ1n) is 6.92. The summed E-state index contributed by atoms with van der Waals surface area (Å²) >= 11 is 0. The average molecular weight is 230 g/mol. The van der Waals surface area contributed by atoms with E-state index in [4.69, 9.17) is 0 Å². The smallest absolute Gasteiger partial charge is 0.00924 e. The van der Waals surface area contributed by atoms with E-state index >= 15 is 0 Å². The van der Waals surface area contributed by atoms with E-state index in [9.17, 15) is 0 Å². The summed E-state index contributed by atoms with van der Waals surface area (Å²) < 4.78 is 0. The van der Waals surface area contributed by atoms with Crippen LogP contribution in [0.1, 0.15) is 37.7 Å². The summed E-state index contributed by atoms with van der Waals surface area (Å²) in [7, 11) is 2.29. The first kappa shape index (κ1) is 12.6. The van der Waals surface area contributed by atoms with Gasteiger partial charge >= 0.3 is 0 Å². The molecule has 0 spiro atoms. The number of benzene rings is 1. The lowest BCUT2D eigenvalue weighted by Gasteiger charge is -2.31. The molecule has 17 heavy (non-hydrogen) atoms. The summed E-state index contributed by atoms with van der Waals surface area (Å²) in [5, 5.41) is 0. The van der Waals surface area contributed by atoms with Crippen LogP contribution >= 0.6 is 0 Å². The zero-order chi connectivity index (χ0) is 11.9. The van der Waals surface area contributed by atoms with Crippen molar-refractivity contribution in [3.05, 3.63) is 42.3 Å². The number of rotatable bonds is 5. The van der Waals surface area contributed by atoms with Crippen molar-refractivity contribution in [2.45, 2.75) is 44.6 Å². The summed E-state index contributed by atoms with van der Waals surface area (Å²) in [6.45, 7) is 1.24. The van der Waals surface area contributed by atoms with Crippen molar-refractivity contribution in [1.29, 1.82) is 0 Å². The van der Waals surface area contributed by atoms with Crippen LogP contribution in [0.25, 0.3) is 0 Å². The molecule has 1 radical (unpaired) electrons. The number of hydrogen-bond donors (Lipinski definition) is 0. The maximum absolute atomic E-state index is 2.57. The normalized spacial score (nSPS) is 17.5. The summed E-state index contributed by atoms with van der Waals surface area (Å²) in [6.07, 6.45) is 10.3. The first-order valence-corrected chi connectivity index (χ1v) is 6.92. The Kier molecular flexibility index (Phi) is 5.06. The van der Waals surface area contributed by atoms with Gasteiger partial charge in [-0.05, 0) is 64.1 Å². The lowest BCUT2D eigenvalue weighted by Crippen LogP contribution is -2.34. The molecule has 1 saturated carbocycles. The third-order valence-electron chi connectivity index (χ3n) is 3.85. The summed E-state index contributed by atoms with van der Waals surface area (Å²) in [6, 6.07) is 11.7. The quantitative estimate of drug-likeness (QED) is 0.745. The van der Waals surface area contributed by atoms with Crippen LogP contribution in [0.15, 0.2) is 30.3 Å². The Bertz CT molecular complexity index is 301. The lowest BCUT2D eigenvalue weighted by molar-refractivity contribution is 0.203. The van der Waals surface area contributed by atoms with Crippen LogP contribution < -0.4 is 0 Å². The molecular formula is C16H24N. The molecule has 1 fully saturated rings. The van der Waals surface area contributed by atoms with Crippen molar-refractivity contribution in [3.63, 3.8) is 0 Å². The minimum atomic E-state index is 0.829. The van der Waals surface area contributed by atoms with Crippen molar-refractivity contribution in [1.82, 2.24) is 4.90 Å². The van der Waals surface area contributed by atoms with Crippen molar-refractivity contribution in [2.24, 2.45) is 0 Å². The molecule has 0 saturated heterocycles. The molecule has 0 heterocycles. The Morgan fingerprint density at radius 2 is 1.82 bits per heavy atom. The van der Waals surface area contributed by atoms with Gasteiger partial charge in [-0.1, -0.05) is 30.3 Å². The zero-order valence-electron chi connectivity index (χ0n) is 10.9. The monoisotopic (exact) mass is 230 g/mol. The predicted octanol–water partition coefficient (Wildman–Crippen LogP) is 3.70. The first-order chi connectivity index (χ1) is 8.36. The molecule has 1 aliphatic carbocycles. The fourth-order valence-electron chi connectivity index (χ4n) is 2.71. The summed E-state index contributed by atoms with van der Waals surface area (Å²) in [5.74, 6) is 0. The summed E-state index contributed by atoms with van der Waals surface area (Å²) in [4.78, 5) is 2.57. The van der Waals surface area contributed by atoms with Gasteiger partial charge in [0.25, 0.3) is 0 Å². The van der Waals surface area contributed by atoms with Crippen LogP contribution in [0.5, 0.6) is 0 Å². The van der Waals surface area contributed by atoms with Crippen molar-refractivity contribution >= 4 is 0 Å². The molecule has 0 amide bonds. The topological polar surface area (TPSA) is 3.24 Å². The van der Waals surface area contributed by atoms with E-state index in [0.717, 1.165) is 6.04 Å². The Hall–Kier alpha value is -0.820. The average Bonchev–Trinajstić information content (AvgIpc) is 2.41. The van der Waals surface area contributed by atoms with Crippen LogP contribution in [0.2, 0.25) is 0 Å². The van der Waals surface area contributed by atoms with E-state index in [0.29, 0.717) is 0 Å². The summed E-state index contributed by atoms with van der Waals surface area (Å²) in [5.41, 5.74) is 1.47. The van der Waals surface area contributed by atoms with Gasteiger partial charge in [0, 0.05) is 6.04 Å². The molecule has 1 nitrogen and oxygen atoms in total. The van der Waals surface area contributed by atoms with Gasteiger partial charge in [-0.2, -0.15) is 0 Å². The van der Waals surface area contributed by atoms with Gasteiger partial charge in [-0.15, -0.1) is 0 Å². The second-order valence-electron chi connectivity index (χ2n) is 5.17. The fraction of sp³-hybridized carbons (Fsp3) is 0.562. The van der Waals surface area contributed by atoms with E-state index in [2.05, 4.69) is 48.7 Å². The molecule has 1 aromatic carbocycles. The zero-order valence-corrected chi connectivity index (χ0v) is 10.9. The molecule has 0 aliphatic heterocycles. The molecule has 0 unspecified atom stereocenters. The van der Waals surface area contributed by atoms with Gasteiger partial charge in [0.05, 0.1) is 0 Å². The highest BCUT2D eigenvalue weighted by atomic mass is 15.1. The van der Waals surface area contributed by atoms with E-state index < -0.39 is 0 Å². The van der Waals surface area contributed by atoms with Gasteiger partial charge in [-0.3, -0.25) is 0 Å². The highest BCUT2D eigenvalue weighted by Crippen LogP contribution is 2.21. The molecular weight excluding hydrogens is 206 g/mol. The third kappa shape index (κ3) is 4.16. The highest BCUT2D eigenvalue weighted by molar-refractivity contribution is 5.14. The predicted molar refractivity (Wildman–Crippen MR) is 73.9 cm³/mol. The van der Waals surface area contributed by atoms with Crippen LogP contribution in [0, 0.1) is 6.42 Å². The molecule has 0 bridgehead atoms. The third-order valence-corrected chi connectivity index (χ3v) is 3.85. The maximum Gasteiger partial charge on any atom is 0.00924 e. The molecule has 1 aliphatic rings. The largest absolute Gasteiger partial charge is 0.303 e. The van der Waals surface area contributed by atoms with Crippen LogP contribution in [0.4, 0.5) is 0 Å². The van der Waals surface area contributed by atoms with E-state index in [-0.39, 0.29) is 0 Å². The second kappa shape index (κ2) is 6.80. The van der Waals surface area contributed by atoms with Gasteiger partial charge in [0.2, 0.25) is 0 Å². The van der Waals surface area contributed by atoms with E-state index in [1.54, 1.807) is 0 Å². The molecule has 93 valence electrons. The number of nitrogens with zero attached hydrogens (tertiary/aromatic N) is 1. The van der Waals surface area contributed by atoms with Crippen LogP contribution in [0.3, 0.4) is 0 Å². The Morgan fingerprint density at radius 3 is 2.53 bits per heavy atom. The van der Waals surface area contributed by atoms with Gasteiger partial charge < -0.3 is 4.90 Å². The number of hydrogen-bond acceptors (Lipinski definition) is 1. The number of aryl methyl sites for hydroxylation is 1. The van der Waals surface area contributed by atoms with Gasteiger partial charge in [-0.25, -0.2) is 0 Å². The Morgan fingerprint density at radius 1 is 1.12 bits per heavy atom. The van der Waals surface area contributed by atoms with Crippen molar-refractivity contribution < 1.29 is 0 Å². The minimum Gasteiger partial charge on any atom is -0.303 e. The molecule has 0 aromatic heterocycles. The lowest BCUT2D eigenvalue weighted by atomic mass is 9.94. The molecule has 2 rings (SSSR count). The van der Waals surface area contributed by atoms with Crippen LogP contribution in [-0.2, 0) is 6.42 Å². The molecule has 0 atom stereocenters. The van der Waals surface area contributed by atoms with Gasteiger partial charge in [0.1, 0.15) is 0 Å². The van der Waals surface area contributed by atoms with Crippen LogP contribution in [-0.4, -0.2) is 24.5 Å².